The predicted molar refractivity (Wildman–Crippen MR) is 125 cm³/mol. The van der Waals surface area contributed by atoms with Crippen LogP contribution in [0.2, 0.25) is 0 Å². The molecule has 1 aliphatic heterocycles. The standard InChI is InChI=1S/C23H20FN5O4S/c24-19-9-16(5-6-18(19)22-26-13-27-28-22)29-11-17(33-23(29)32)10-25-21(31)8-7-20(30)15-3-1-14(12-34)2-4-15/h1-6,9,12-13,17H,7-8,10-11H2,(H,25,31)(H,26,27,28)/t17-/m0/s1. The number of aromatic nitrogens is 3. The lowest BCUT2D eigenvalue weighted by atomic mass is 10.0. The van der Waals surface area contributed by atoms with Crippen molar-refractivity contribution in [3.05, 3.63) is 65.7 Å². The average Bonchev–Trinajstić information content (AvgIpc) is 3.51. The van der Waals surface area contributed by atoms with E-state index < -0.39 is 18.0 Å². The molecule has 0 saturated carbocycles. The Hall–Kier alpha value is -3.99. The molecule has 2 heterocycles. The number of nitrogens with zero attached hydrogens (tertiary/aromatic N) is 3. The van der Waals surface area contributed by atoms with E-state index >= 15 is 0 Å². The fourth-order valence-electron chi connectivity index (χ4n) is 3.47. The maximum Gasteiger partial charge on any atom is 0.414 e. The topological polar surface area (TPSA) is 117 Å². The third-order valence-electron chi connectivity index (χ3n) is 5.27. The van der Waals surface area contributed by atoms with Gasteiger partial charge in [-0.05, 0) is 23.8 Å². The number of ether oxygens (including phenoxy) is 1. The number of hydrogen-bond donors (Lipinski definition) is 2. The van der Waals surface area contributed by atoms with Gasteiger partial charge in [0.25, 0.3) is 0 Å². The molecule has 4 rings (SSSR count). The zero-order valence-electron chi connectivity index (χ0n) is 17.9. The zero-order valence-corrected chi connectivity index (χ0v) is 18.7. The van der Waals surface area contributed by atoms with Crippen molar-refractivity contribution in [2.75, 3.05) is 18.0 Å². The van der Waals surface area contributed by atoms with Gasteiger partial charge in [-0.3, -0.25) is 19.6 Å². The number of aromatic amines is 1. The second kappa shape index (κ2) is 10.3. The van der Waals surface area contributed by atoms with Crippen molar-refractivity contribution in [3.8, 4) is 11.4 Å². The van der Waals surface area contributed by atoms with Crippen LogP contribution in [0.25, 0.3) is 11.4 Å². The van der Waals surface area contributed by atoms with E-state index in [-0.39, 0.29) is 49.0 Å². The predicted octanol–water partition coefficient (Wildman–Crippen LogP) is 3.06. The number of nitrogens with one attached hydrogen (secondary N) is 2. The van der Waals surface area contributed by atoms with Crippen molar-refractivity contribution in [2.24, 2.45) is 0 Å². The Balaban J connectivity index is 1.26. The minimum Gasteiger partial charge on any atom is -0.442 e. The van der Waals surface area contributed by atoms with Crippen LogP contribution in [-0.2, 0) is 9.53 Å². The number of hydrogen-bond acceptors (Lipinski definition) is 7. The molecule has 1 saturated heterocycles. The summed E-state index contributed by atoms with van der Waals surface area (Å²) in [6.45, 7) is 0.222. The molecule has 2 N–H and O–H groups in total. The molecule has 34 heavy (non-hydrogen) atoms. The third-order valence-corrected chi connectivity index (χ3v) is 5.54. The first kappa shape index (κ1) is 23.2. The second-order valence-electron chi connectivity index (χ2n) is 7.57. The van der Waals surface area contributed by atoms with Crippen LogP contribution in [-0.4, -0.2) is 57.5 Å². The molecule has 2 aromatic carbocycles. The fourth-order valence-corrected chi connectivity index (χ4v) is 3.62. The van der Waals surface area contributed by atoms with E-state index in [1.54, 1.807) is 30.3 Å². The van der Waals surface area contributed by atoms with E-state index in [1.165, 1.54) is 28.7 Å². The zero-order chi connectivity index (χ0) is 24.1. The maximum atomic E-state index is 14.5. The number of ketones is 1. The molecule has 1 aliphatic rings. The number of H-pyrrole nitrogens is 1. The van der Waals surface area contributed by atoms with Gasteiger partial charge in [-0.25, -0.2) is 14.2 Å². The third kappa shape index (κ3) is 5.31. The van der Waals surface area contributed by atoms with Gasteiger partial charge in [0.2, 0.25) is 5.91 Å². The van der Waals surface area contributed by atoms with Crippen LogP contribution in [0.4, 0.5) is 14.9 Å². The van der Waals surface area contributed by atoms with Crippen molar-refractivity contribution in [2.45, 2.75) is 18.9 Å². The van der Waals surface area contributed by atoms with Crippen LogP contribution in [0.15, 0.2) is 48.8 Å². The molecule has 9 nitrogen and oxygen atoms in total. The number of Topliss-reactive ketones (excluding diaryl/α,β-unsaturated/α-hetero) is 1. The van der Waals surface area contributed by atoms with E-state index in [2.05, 4.69) is 20.5 Å². The van der Waals surface area contributed by atoms with Crippen molar-refractivity contribution in [1.82, 2.24) is 20.5 Å². The normalized spacial score (nSPS) is 15.1. The quantitative estimate of drug-likeness (QED) is 0.356. The van der Waals surface area contributed by atoms with Crippen LogP contribution in [0.3, 0.4) is 0 Å². The van der Waals surface area contributed by atoms with Crippen LogP contribution < -0.4 is 10.2 Å². The minimum absolute atomic E-state index is 0.00598. The van der Waals surface area contributed by atoms with Gasteiger partial charge in [-0.15, -0.1) is 0 Å². The molecular weight excluding hydrogens is 461 g/mol. The first-order valence-corrected chi connectivity index (χ1v) is 10.9. The highest BCUT2D eigenvalue weighted by molar-refractivity contribution is 7.79. The number of rotatable bonds is 9. The van der Waals surface area contributed by atoms with Crippen molar-refractivity contribution in [3.63, 3.8) is 0 Å². The summed E-state index contributed by atoms with van der Waals surface area (Å²) in [7, 11) is 0. The molecule has 3 aromatic rings. The molecule has 2 amide bonds. The summed E-state index contributed by atoms with van der Waals surface area (Å²) in [6.07, 6.45) is 0.153. The Morgan fingerprint density at radius 2 is 2.03 bits per heavy atom. The summed E-state index contributed by atoms with van der Waals surface area (Å²) in [4.78, 5) is 41.9. The molecule has 0 unspecified atom stereocenters. The number of anilines is 1. The average molecular weight is 482 g/mol. The van der Waals surface area contributed by atoms with Crippen LogP contribution in [0, 0.1) is 5.82 Å². The molecule has 174 valence electrons. The second-order valence-corrected chi connectivity index (χ2v) is 7.81. The number of thiocarbonyl (C=S) groups is 1. The number of amides is 2. The lowest BCUT2D eigenvalue weighted by molar-refractivity contribution is -0.121. The number of carbonyl (C=O) groups is 3. The van der Waals surface area contributed by atoms with Crippen molar-refractivity contribution < 1.29 is 23.5 Å². The number of carbonyl (C=O) groups excluding carboxylic acids is 3. The number of halogens is 1. The molecule has 0 bridgehead atoms. The summed E-state index contributed by atoms with van der Waals surface area (Å²) in [5.41, 5.74) is 1.86. The van der Waals surface area contributed by atoms with Gasteiger partial charge < -0.3 is 10.1 Å². The summed E-state index contributed by atoms with van der Waals surface area (Å²) < 4.78 is 19.8. The molecule has 0 radical (unpaired) electrons. The Labute approximate surface area is 199 Å². The van der Waals surface area contributed by atoms with Gasteiger partial charge in [0.1, 0.15) is 18.2 Å². The van der Waals surface area contributed by atoms with Gasteiger partial charge in [0.15, 0.2) is 11.6 Å². The first-order valence-electron chi connectivity index (χ1n) is 10.4. The van der Waals surface area contributed by atoms with Crippen LogP contribution >= 0.6 is 12.2 Å². The van der Waals surface area contributed by atoms with E-state index in [1.807, 2.05) is 0 Å². The lowest BCUT2D eigenvalue weighted by Crippen LogP contribution is -2.34. The maximum absolute atomic E-state index is 14.5. The Morgan fingerprint density at radius 3 is 2.71 bits per heavy atom. The summed E-state index contributed by atoms with van der Waals surface area (Å²) in [5.74, 6) is -0.859. The van der Waals surface area contributed by atoms with E-state index in [0.29, 0.717) is 11.3 Å². The van der Waals surface area contributed by atoms with Crippen molar-refractivity contribution >= 4 is 41.1 Å². The summed E-state index contributed by atoms with van der Waals surface area (Å²) in [6, 6.07) is 11.1. The molecular formula is C23H20FN5O4S. The molecule has 11 heteroatoms. The van der Waals surface area contributed by atoms with Gasteiger partial charge in [0, 0.05) is 23.8 Å². The highest BCUT2D eigenvalue weighted by atomic mass is 32.1. The number of benzene rings is 2. The van der Waals surface area contributed by atoms with Gasteiger partial charge in [-0.2, -0.15) is 5.10 Å². The Kier molecular flexibility index (Phi) is 7.02. The van der Waals surface area contributed by atoms with Crippen LogP contribution in [0.1, 0.15) is 28.8 Å². The Bertz CT molecular complexity index is 1220. The molecule has 0 spiro atoms. The Morgan fingerprint density at radius 1 is 1.24 bits per heavy atom. The number of cyclic esters (lactones) is 1. The smallest absolute Gasteiger partial charge is 0.414 e. The van der Waals surface area contributed by atoms with Crippen molar-refractivity contribution in [1.29, 1.82) is 0 Å². The van der Waals surface area contributed by atoms with E-state index in [9.17, 15) is 18.8 Å². The molecule has 1 fully saturated rings. The fraction of sp³-hybridized carbons (Fsp3) is 0.217. The minimum atomic E-state index is -0.640. The molecule has 1 aromatic heterocycles. The lowest BCUT2D eigenvalue weighted by Gasteiger charge is -2.14. The van der Waals surface area contributed by atoms with Gasteiger partial charge in [-0.1, -0.05) is 36.5 Å². The SMILES string of the molecule is O=C(CCC(=O)c1ccc(C=S)cc1)NC[C@H]1CN(c2ccc(-c3nc[nH]n3)c(F)c2)C(=O)O1. The van der Waals surface area contributed by atoms with E-state index in [4.69, 9.17) is 17.0 Å². The summed E-state index contributed by atoms with van der Waals surface area (Å²) in [5, 5.41) is 10.6. The largest absolute Gasteiger partial charge is 0.442 e. The van der Waals surface area contributed by atoms with Gasteiger partial charge >= 0.3 is 6.09 Å². The van der Waals surface area contributed by atoms with E-state index in [0.717, 1.165) is 5.56 Å². The highest BCUT2D eigenvalue weighted by Crippen LogP contribution is 2.27. The van der Waals surface area contributed by atoms with Gasteiger partial charge in [0.05, 0.1) is 24.3 Å². The monoisotopic (exact) mass is 481 g/mol. The first-order chi connectivity index (χ1) is 16.4. The summed E-state index contributed by atoms with van der Waals surface area (Å²) >= 11 is 4.84. The highest BCUT2D eigenvalue weighted by Gasteiger charge is 2.33. The van der Waals surface area contributed by atoms with Crippen LogP contribution in [0.5, 0.6) is 0 Å². The molecule has 1 atom stereocenters. The molecule has 0 aliphatic carbocycles.